The lowest BCUT2D eigenvalue weighted by Gasteiger charge is -1.99. The Morgan fingerprint density at radius 1 is 1.58 bits per heavy atom. The van der Waals surface area contributed by atoms with Crippen LogP contribution in [-0.2, 0) is 16.0 Å². The van der Waals surface area contributed by atoms with Crippen molar-refractivity contribution in [2.45, 2.75) is 13.3 Å². The first-order valence-corrected chi connectivity index (χ1v) is 4.64. The molecule has 3 heteroatoms. The van der Waals surface area contributed by atoms with E-state index in [2.05, 4.69) is 10.8 Å². The molecule has 0 spiro atoms. The van der Waals surface area contributed by atoms with Gasteiger partial charge in [-0.25, -0.2) is 0 Å². The van der Waals surface area contributed by atoms with Gasteiger partial charge in [0.25, 0.3) is 0 Å². The second kappa shape index (κ2) is 2.75. The van der Waals surface area contributed by atoms with E-state index in [1.54, 1.807) is 11.3 Å². The maximum Gasteiger partial charge on any atom is 0.307 e. The Bertz CT molecular complexity index is 349. The number of allylic oxidation sites excluding steroid dienone is 1. The van der Waals surface area contributed by atoms with Gasteiger partial charge < -0.3 is 4.74 Å². The lowest BCUT2D eigenvalue weighted by molar-refractivity contribution is -0.136. The molecule has 1 aliphatic carbocycles. The highest BCUT2D eigenvalue weighted by molar-refractivity contribution is 7.08. The van der Waals surface area contributed by atoms with Crippen LogP contribution in [0.2, 0.25) is 0 Å². The van der Waals surface area contributed by atoms with Crippen molar-refractivity contribution in [2.75, 3.05) is 0 Å². The van der Waals surface area contributed by atoms with Gasteiger partial charge in [-0.2, -0.15) is 11.3 Å². The van der Waals surface area contributed by atoms with E-state index >= 15 is 0 Å². The fourth-order valence-corrected chi connectivity index (χ4v) is 2.08. The van der Waals surface area contributed by atoms with E-state index in [1.807, 2.05) is 6.08 Å². The Hall–Kier alpha value is -1.09. The Morgan fingerprint density at radius 3 is 3.08 bits per heavy atom. The number of fused-ring (bicyclic) bond motifs is 1. The zero-order chi connectivity index (χ0) is 8.55. The van der Waals surface area contributed by atoms with Gasteiger partial charge >= 0.3 is 5.97 Å². The Labute approximate surface area is 74.5 Å². The van der Waals surface area contributed by atoms with E-state index in [9.17, 15) is 4.79 Å². The summed E-state index contributed by atoms with van der Waals surface area (Å²) in [7, 11) is 0. The molecule has 1 aliphatic rings. The first-order valence-electron chi connectivity index (χ1n) is 3.70. The number of esters is 1. The first-order chi connectivity index (χ1) is 5.75. The van der Waals surface area contributed by atoms with Gasteiger partial charge in [0.15, 0.2) is 0 Å². The molecule has 0 bridgehead atoms. The third-order valence-electron chi connectivity index (χ3n) is 1.73. The molecule has 1 heterocycles. The number of ether oxygens (including phenoxy) is 1. The van der Waals surface area contributed by atoms with Gasteiger partial charge in [0.1, 0.15) is 5.76 Å². The molecule has 62 valence electrons. The van der Waals surface area contributed by atoms with Crippen molar-refractivity contribution in [1.29, 1.82) is 0 Å². The molecule has 0 atom stereocenters. The highest BCUT2D eigenvalue weighted by Gasteiger charge is 2.15. The first kappa shape index (κ1) is 7.55. The number of hydrogen-bond acceptors (Lipinski definition) is 3. The van der Waals surface area contributed by atoms with Crippen LogP contribution in [0.5, 0.6) is 0 Å². The average molecular weight is 180 g/mol. The molecule has 0 saturated carbocycles. The highest BCUT2D eigenvalue weighted by Crippen LogP contribution is 2.28. The largest absolute Gasteiger partial charge is 0.431 e. The second-order valence-corrected chi connectivity index (χ2v) is 3.48. The minimum absolute atomic E-state index is 0.241. The summed E-state index contributed by atoms with van der Waals surface area (Å²) in [6.07, 6.45) is 2.69. The monoisotopic (exact) mass is 180 g/mol. The van der Waals surface area contributed by atoms with Crippen LogP contribution in [0.15, 0.2) is 16.5 Å². The molecule has 12 heavy (non-hydrogen) atoms. The number of carbonyl (C=O) groups is 1. The predicted octanol–water partition coefficient (Wildman–Crippen LogP) is 2.21. The lowest BCUT2D eigenvalue weighted by Crippen LogP contribution is -1.97. The third-order valence-corrected chi connectivity index (χ3v) is 2.54. The topological polar surface area (TPSA) is 26.3 Å². The van der Waals surface area contributed by atoms with Crippen molar-refractivity contribution >= 4 is 23.4 Å². The van der Waals surface area contributed by atoms with Gasteiger partial charge in [-0.3, -0.25) is 4.79 Å². The van der Waals surface area contributed by atoms with Crippen molar-refractivity contribution < 1.29 is 9.53 Å². The normalized spacial score (nSPS) is 13.9. The zero-order valence-electron chi connectivity index (χ0n) is 6.66. The summed E-state index contributed by atoms with van der Waals surface area (Å²) in [5.41, 5.74) is 2.45. The third kappa shape index (κ3) is 1.28. The second-order valence-electron chi connectivity index (χ2n) is 2.73. The standard InChI is InChI=1S/C9H8O2S/c1-6(10)11-9-2-7-4-12-5-8(7)3-9/h2,4-5H,3H2,1H3. The van der Waals surface area contributed by atoms with E-state index in [1.165, 1.54) is 18.1 Å². The van der Waals surface area contributed by atoms with Crippen LogP contribution in [0.4, 0.5) is 0 Å². The molecule has 1 aromatic heterocycles. The van der Waals surface area contributed by atoms with Crippen LogP contribution in [0.1, 0.15) is 18.1 Å². The van der Waals surface area contributed by atoms with Gasteiger partial charge in [-0.15, -0.1) is 0 Å². The smallest absolute Gasteiger partial charge is 0.307 e. The molecule has 2 rings (SSSR count). The maximum absolute atomic E-state index is 10.6. The summed E-state index contributed by atoms with van der Waals surface area (Å²) in [4.78, 5) is 10.6. The summed E-state index contributed by atoms with van der Waals surface area (Å²) in [6, 6.07) is 0. The molecular weight excluding hydrogens is 172 g/mol. The van der Waals surface area contributed by atoms with Gasteiger partial charge in [0, 0.05) is 13.3 Å². The molecule has 0 aliphatic heterocycles. The maximum atomic E-state index is 10.6. The molecule has 2 nitrogen and oxygen atoms in total. The van der Waals surface area contributed by atoms with E-state index in [0.717, 1.165) is 12.2 Å². The molecular formula is C9H8O2S. The molecule has 0 aromatic carbocycles. The molecule has 0 N–H and O–H groups in total. The molecule has 0 unspecified atom stereocenters. The summed E-state index contributed by atoms with van der Waals surface area (Å²) >= 11 is 1.68. The van der Waals surface area contributed by atoms with Crippen molar-refractivity contribution in [3.8, 4) is 0 Å². The van der Waals surface area contributed by atoms with Crippen molar-refractivity contribution in [3.63, 3.8) is 0 Å². The Kier molecular flexibility index (Phi) is 1.73. The minimum atomic E-state index is -0.241. The fraction of sp³-hybridized carbons (Fsp3) is 0.222. The molecule has 0 fully saturated rings. The van der Waals surface area contributed by atoms with Gasteiger partial charge in [0.2, 0.25) is 0 Å². The van der Waals surface area contributed by atoms with Crippen LogP contribution in [0.3, 0.4) is 0 Å². The number of hydrogen-bond donors (Lipinski definition) is 0. The van der Waals surface area contributed by atoms with E-state index in [0.29, 0.717) is 0 Å². The quantitative estimate of drug-likeness (QED) is 0.619. The molecule has 0 saturated heterocycles. The highest BCUT2D eigenvalue weighted by atomic mass is 32.1. The van der Waals surface area contributed by atoms with Crippen molar-refractivity contribution in [3.05, 3.63) is 27.6 Å². The summed E-state index contributed by atoms with van der Waals surface area (Å²) in [6.45, 7) is 1.42. The van der Waals surface area contributed by atoms with Gasteiger partial charge in [-0.05, 0) is 28.0 Å². The summed E-state index contributed by atoms with van der Waals surface area (Å²) in [5, 5.41) is 4.15. The average Bonchev–Trinajstić information content (AvgIpc) is 2.43. The number of rotatable bonds is 1. The van der Waals surface area contributed by atoms with E-state index < -0.39 is 0 Å². The lowest BCUT2D eigenvalue weighted by atomic mass is 10.2. The predicted molar refractivity (Wildman–Crippen MR) is 47.8 cm³/mol. The SMILES string of the molecule is CC(=O)OC1=Cc2cscc2C1. The zero-order valence-corrected chi connectivity index (χ0v) is 7.48. The van der Waals surface area contributed by atoms with E-state index in [4.69, 9.17) is 4.74 Å². The Morgan fingerprint density at radius 2 is 2.42 bits per heavy atom. The van der Waals surface area contributed by atoms with Gasteiger partial charge in [0.05, 0.1) is 0 Å². The fourth-order valence-electron chi connectivity index (χ4n) is 1.27. The number of thiophene rings is 1. The Balaban J connectivity index is 2.16. The summed E-state index contributed by atoms with van der Waals surface area (Å²) < 4.78 is 4.98. The molecule has 1 aromatic rings. The molecule has 0 amide bonds. The van der Waals surface area contributed by atoms with Crippen LogP contribution in [0, 0.1) is 0 Å². The van der Waals surface area contributed by atoms with Gasteiger partial charge in [-0.1, -0.05) is 0 Å². The van der Waals surface area contributed by atoms with Crippen LogP contribution < -0.4 is 0 Å². The number of carbonyl (C=O) groups excluding carboxylic acids is 1. The molecule has 0 radical (unpaired) electrons. The van der Waals surface area contributed by atoms with Crippen LogP contribution in [-0.4, -0.2) is 5.97 Å². The van der Waals surface area contributed by atoms with Crippen molar-refractivity contribution in [1.82, 2.24) is 0 Å². The van der Waals surface area contributed by atoms with Crippen LogP contribution >= 0.6 is 11.3 Å². The van der Waals surface area contributed by atoms with Crippen LogP contribution in [0.25, 0.3) is 6.08 Å². The van der Waals surface area contributed by atoms with Crippen molar-refractivity contribution in [2.24, 2.45) is 0 Å². The van der Waals surface area contributed by atoms with E-state index in [-0.39, 0.29) is 5.97 Å². The summed E-state index contributed by atoms with van der Waals surface area (Å²) in [5.74, 6) is 0.523. The minimum Gasteiger partial charge on any atom is -0.431 e.